The van der Waals surface area contributed by atoms with Crippen molar-refractivity contribution in [1.29, 1.82) is 5.26 Å². The number of nitrogens with zero attached hydrogens (tertiary/aromatic N) is 7. The number of hydrogen-bond donors (Lipinski definition) is 0. The Bertz CT molecular complexity index is 6820. The number of nitriles is 1. The van der Waals surface area contributed by atoms with Crippen molar-refractivity contribution >= 4 is 131 Å². The van der Waals surface area contributed by atoms with Gasteiger partial charge in [-0.3, -0.25) is 0 Å². The molecule has 106 heavy (non-hydrogen) atoms. The molecule has 502 valence electrons. The molecule has 0 spiro atoms. The number of halogens is 6. The highest BCUT2D eigenvalue weighted by Crippen LogP contribution is 2.48. The van der Waals surface area contributed by atoms with Gasteiger partial charge < -0.3 is 27.4 Å². The van der Waals surface area contributed by atoms with E-state index in [0.717, 1.165) is 166 Å². The van der Waals surface area contributed by atoms with Crippen molar-refractivity contribution in [2.24, 2.45) is 0 Å². The fourth-order valence-electron chi connectivity index (χ4n) is 17.2. The third kappa shape index (κ3) is 9.00. The summed E-state index contributed by atoms with van der Waals surface area (Å²) >= 11 is 0. The van der Waals surface area contributed by atoms with E-state index in [9.17, 15) is 5.26 Å². The third-order valence-electron chi connectivity index (χ3n) is 21.6. The Morgan fingerprint density at radius 3 is 0.774 bits per heavy atom. The number of rotatable bonds is 8. The molecule has 0 radical (unpaired) electrons. The molecule has 0 bridgehead atoms. The Labute approximate surface area is 599 Å². The van der Waals surface area contributed by atoms with Crippen LogP contribution < -0.4 is 0 Å². The maximum atomic E-state index is 15.3. The van der Waals surface area contributed by atoms with E-state index in [2.05, 4.69) is 203 Å². The molecule has 21 aromatic rings. The second-order valence-electron chi connectivity index (χ2n) is 27.3. The average Bonchev–Trinajstić information content (AvgIpc) is 1.55. The van der Waals surface area contributed by atoms with E-state index >= 15 is 26.3 Å². The number of aromatic nitrogens is 6. The van der Waals surface area contributed by atoms with Crippen molar-refractivity contribution in [3.8, 4) is 62.4 Å². The standard InChI is InChI=1S/C93H53F6N7/c94-92(95,96)57-46-56(47-58(48-57)93(97,98)99)64-39-34-59(105-87-41-35-60(101-79-25-9-1-17-65(79)66-18-2-10-26-80(66)101)50-75(87)76-51-61(36-42-88(76)105)102-81-27-11-3-19-67(81)68-20-4-12-28-82(68)102)49-73(64)74-45-55(54-100)33-40-89(74)106-90-43-37-62(103-83-29-13-5-21-69(83)70-22-6-14-30-84(70)103)52-77(90)78-53-63(38-44-91(78)106)104-85-31-15-7-23-71(85)72-24-8-16-32-86(72)104/h1-53H. The lowest BCUT2D eigenvalue weighted by Crippen LogP contribution is -2.11. The zero-order valence-corrected chi connectivity index (χ0v) is 56.0. The van der Waals surface area contributed by atoms with Gasteiger partial charge in [0.25, 0.3) is 0 Å². The molecule has 0 saturated heterocycles. The molecular formula is C93H53F6N7. The highest BCUT2D eigenvalue weighted by Gasteiger charge is 2.38. The molecule has 15 aromatic carbocycles. The van der Waals surface area contributed by atoms with Crippen LogP contribution in [0.25, 0.3) is 187 Å². The lowest BCUT2D eigenvalue weighted by molar-refractivity contribution is -0.143. The summed E-state index contributed by atoms with van der Waals surface area (Å²) in [4.78, 5) is 0. The lowest BCUT2D eigenvalue weighted by Gasteiger charge is -2.21. The van der Waals surface area contributed by atoms with E-state index < -0.39 is 23.5 Å². The van der Waals surface area contributed by atoms with Gasteiger partial charge in [-0.05, 0) is 187 Å². The lowest BCUT2D eigenvalue weighted by atomic mass is 9.90. The predicted octanol–water partition coefficient (Wildman–Crippen LogP) is 25.5. The topological polar surface area (TPSA) is 53.4 Å². The first-order chi connectivity index (χ1) is 51.8. The van der Waals surface area contributed by atoms with Crippen LogP contribution in [0.4, 0.5) is 26.3 Å². The minimum absolute atomic E-state index is 0.0721. The van der Waals surface area contributed by atoms with E-state index in [4.69, 9.17) is 0 Å². The summed E-state index contributed by atoms with van der Waals surface area (Å²) in [7, 11) is 0. The second-order valence-corrected chi connectivity index (χ2v) is 27.3. The zero-order chi connectivity index (χ0) is 71.0. The quantitative estimate of drug-likeness (QED) is 0.140. The van der Waals surface area contributed by atoms with Crippen LogP contribution in [0.2, 0.25) is 0 Å². The third-order valence-corrected chi connectivity index (χ3v) is 21.6. The van der Waals surface area contributed by atoms with Crippen LogP contribution in [0.1, 0.15) is 16.7 Å². The van der Waals surface area contributed by atoms with Crippen LogP contribution in [0, 0.1) is 11.3 Å². The molecule has 6 heterocycles. The largest absolute Gasteiger partial charge is 0.416 e. The van der Waals surface area contributed by atoms with Gasteiger partial charge in [-0.25, -0.2) is 0 Å². The van der Waals surface area contributed by atoms with E-state index in [0.29, 0.717) is 16.9 Å². The molecule has 0 saturated carbocycles. The minimum atomic E-state index is -5.17. The van der Waals surface area contributed by atoms with Crippen molar-refractivity contribution in [3.63, 3.8) is 0 Å². The van der Waals surface area contributed by atoms with Gasteiger partial charge in [0.1, 0.15) is 0 Å². The SMILES string of the molecule is N#Cc1ccc(-n2c3ccc(-n4c5ccccc5c5ccccc54)cc3c3cc(-n4c5ccccc5c5ccccc54)ccc32)c(-c2cc(-n3c4ccc(-n5c6ccccc6c6ccccc65)cc4c4cc(-n5c6ccccc6c6ccccc65)ccc43)ccc2-c2cc(C(F)(F)F)cc(C(F)(F)F)c2)c1. The highest BCUT2D eigenvalue weighted by molar-refractivity contribution is 6.17. The average molecular weight is 1380 g/mol. The molecule has 7 nitrogen and oxygen atoms in total. The summed E-state index contributed by atoms with van der Waals surface area (Å²) in [6.07, 6.45) is -10.3. The van der Waals surface area contributed by atoms with E-state index in [1.807, 2.05) is 109 Å². The molecule has 0 aliphatic heterocycles. The van der Waals surface area contributed by atoms with Crippen LogP contribution in [0.15, 0.2) is 322 Å². The number of alkyl halides is 6. The number of benzene rings is 15. The maximum absolute atomic E-state index is 15.3. The van der Waals surface area contributed by atoms with Gasteiger partial charge in [-0.2, -0.15) is 31.6 Å². The molecule has 0 aliphatic rings. The van der Waals surface area contributed by atoms with Crippen molar-refractivity contribution in [2.75, 3.05) is 0 Å². The Kier molecular flexibility index (Phi) is 13.0. The summed E-state index contributed by atoms with van der Waals surface area (Å²) < 4.78 is 105. The summed E-state index contributed by atoms with van der Waals surface area (Å²) in [5, 5.41) is 23.3. The summed E-state index contributed by atoms with van der Waals surface area (Å²) in [5.41, 5.74) is 13.5. The number of fused-ring (bicyclic) bond motifs is 18. The van der Waals surface area contributed by atoms with Gasteiger partial charge in [0.05, 0.1) is 94.6 Å². The second kappa shape index (κ2) is 22.6. The highest BCUT2D eigenvalue weighted by atomic mass is 19.4. The molecule has 0 aliphatic carbocycles. The van der Waals surface area contributed by atoms with Crippen molar-refractivity contribution in [2.45, 2.75) is 12.4 Å². The van der Waals surface area contributed by atoms with Crippen LogP contribution >= 0.6 is 0 Å². The Hall–Kier alpha value is -13.8. The number of para-hydroxylation sites is 8. The van der Waals surface area contributed by atoms with Crippen LogP contribution in [0.3, 0.4) is 0 Å². The van der Waals surface area contributed by atoms with Crippen LogP contribution in [-0.4, -0.2) is 27.4 Å². The van der Waals surface area contributed by atoms with E-state index in [1.54, 1.807) is 24.3 Å². The first kappa shape index (κ1) is 60.9. The fourth-order valence-corrected chi connectivity index (χ4v) is 17.2. The molecule has 0 fully saturated rings. The Morgan fingerprint density at radius 2 is 0.481 bits per heavy atom. The summed E-state index contributed by atoms with van der Waals surface area (Å²) in [5.74, 6) is 0. The van der Waals surface area contributed by atoms with Crippen molar-refractivity contribution in [3.05, 3.63) is 338 Å². The maximum Gasteiger partial charge on any atom is 0.416 e. The first-order valence-corrected chi connectivity index (χ1v) is 34.9. The molecule has 0 atom stereocenters. The molecule has 6 aromatic heterocycles. The molecule has 21 rings (SSSR count). The van der Waals surface area contributed by atoms with Gasteiger partial charge in [0.2, 0.25) is 0 Å². The smallest absolute Gasteiger partial charge is 0.309 e. The van der Waals surface area contributed by atoms with Gasteiger partial charge in [0.15, 0.2) is 0 Å². The first-order valence-electron chi connectivity index (χ1n) is 34.9. The van der Waals surface area contributed by atoms with Crippen molar-refractivity contribution < 1.29 is 26.3 Å². The van der Waals surface area contributed by atoms with Gasteiger partial charge in [-0.15, -0.1) is 0 Å². The van der Waals surface area contributed by atoms with Crippen LogP contribution in [0.5, 0.6) is 0 Å². The predicted molar refractivity (Wildman–Crippen MR) is 418 cm³/mol. The monoisotopic (exact) mass is 1380 g/mol. The fraction of sp³-hybridized carbons (Fsp3) is 0.0215. The molecule has 0 N–H and O–H groups in total. The summed E-state index contributed by atoms with van der Waals surface area (Å²) in [6.45, 7) is 0. The van der Waals surface area contributed by atoms with Crippen molar-refractivity contribution in [1.82, 2.24) is 27.4 Å². The van der Waals surface area contributed by atoms with Gasteiger partial charge in [0, 0.05) is 98.6 Å². The van der Waals surface area contributed by atoms with Crippen LogP contribution in [-0.2, 0) is 12.4 Å². The number of hydrogen-bond acceptors (Lipinski definition) is 1. The molecule has 0 amide bonds. The Morgan fingerprint density at radius 1 is 0.217 bits per heavy atom. The minimum Gasteiger partial charge on any atom is -0.309 e. The van der Waals surface area contributed by atoms with Gasteiger partial charge >= 0.3 is 12.4 Å². The van der Waals surface area contributed by atoms with E-state index in [1.165, 1.54) is 0 Å². The zero-order valence-electron chi connectivity index (χ0n) is 56.0. The molecule has 13 heteroatoms. The van der Waals surface area contributed by atoms with Gasteiger partial charge in [-0.1, -0.05) is 152 Å². The molecular weight excluding hydrogens is 1330 g/mol. The summed E-state index contributed by atoms with van der Waals surface area (Å²) in [6, 6.07) is 107. The molecule has 0 unspecified atom stereocenters. The normalized spacial score (nSPS) is 12.4. The van der Waals surface area contributed by atoms with E-state index in [-0.39, 0.29) is 28.3 Å². The Balaban J connectivity index is 0.853.